The summed E-state index contributed by atoms with van der Waals surface area (Å²) in [5.74, 6) is 0.522. The van der Waals surface area contributed by atoms with Crippen LogP contribution < -0.4 is 9.47 Å². The molecule has 0 unspecified atom stereocenters. The lowest BCUT2D eigenvalue weighted by Gasteiger charge is -2.07. The predicted molar refractivity (Wildman–Crippen MR) is 84.0 cm³/mol. The van der Waals surface area contributed by atoms with Crippen LogP contribution in [0.5, 0.6) is 11.8 Å². The smallest absolute Gasteiger partial charge is 0.316 e. The molecule has 3 aromatic rings. The highest BCUT2D eigenvalue weighted by atomic mass is 19.3. The van der Waals surface area contributed by atoms with E-state index in [1.54, 1.807) is 19.1 Å². The van der Waals surface area contributed by atoms with E-state index in [0.29, 0.717) is 22.8 Å². The van der Waals surface area contributed by atoms with E-state index < -0.39 is 6.43 Å². The molecular formula is C16H15F2N5O2. The Morgan fingerprint density at radius 1 is 1.20 bits per heavy atom. The van der Waals surface area contributed by atoms with Gasteiger partial charge in [0.15, 0.2) is 5.75 Å². The van der Waals surface area contributed by atoms with Gasteiger partial charge in [-0.15, -0.1) is 5.10 Å². The molecule has 25 heavy (non-hydrogen) atoms. The van der Waals surface area contributed by atoms with Crippen LogP contribution in [-0.4, -0.2) is 32.1 Å². The second-order valence-corrected chi connectivity index (χ2v) is 5.12. The van der Waals surface area contributed by atoms with Gasteiger partial charge in [-0.1, -0.05) is 17.3 Å². The molecule has 0 fully saturated rings. The van der Waals surface area contributed by atoms with Crippen LogP contribution in [0, 0.1) is 6.92 Å². The van der Waals surface area contributed by atoms with E-state index in [1.807, 2.05) is 0 Å². The van der Waals surface area contributed by atoms with E-state index in [2.05, 4.69) is 20.3 Å². The lowest BCUT2D eigenvalue weighted by molar-refractivity contribution is 0.151. The minimum Gasteiger partial charge on any atom is -0.494 e. The van der Waals surface area contributed by atoms with Gasteiger partial charge in [0.1, 0.15) is 12.3 Å². The van der Waals surface area contributed by atoms with Crippen LogP contribution >= 0.6 is 0 Å². The van der Waals surface area contributed by atoms with Crippen molar-refractivity contribution in [3.63, 3.8) is 0 Å². The Balaban J connectivity index is 1.75. The summed E-state index contributed by atoms with van der Waals surface area (Å²) < 4.78 is 37.6. The zero-order valence-electron chi connectivity index (χ0n) is 13.6. The van der Waals surface area contributed by atoms with Crippen molar-refractivity contribution in [2.75, 3.05) is 7.11 Å². The van der Waals surface area contributed by atoms with Gasteiger partial charge in [-0.25, -0.2) is 13.5 Å². The van der Waals surface area contributed by atoms with E-state index in [0.717, 1.165) is 0 Å². The zero-order valence-corrected chi connectivity index (χ0v) is 13.6. The largest absolute Gasteiger partial charge is 0.494 e. The topological polar surface area (TPSA) is 75.0 Å². The highest BCUT2D eigenvalue weighted by Crippen LogP contribution is 2.22. The maximum atomic E-state index is 12.8. The quantitative estimate of drug-likeness (QED) is 0.682. The van der Waals surface area contributed by atoms with Gasteiger partial charge in [0.05, 0.1) is 30.9 Å². The number of halogens is 2. The first-order valence-electron chi connectivity index (χ1n) is 7.37. The van der Waals surface area contributed by atoms with Gasteiger partial charge in [-0.2, -0.15) is 9.97 Å². The van der Waals surface area contributed by atoms with Crippen molar-refractivity contribution in [3.8, 4) is 17.4 Å². The van der Waals surface area contributed by atoms with Crippen molar-refractivity contribution in [1.82, 2.24) is 25.0 Å². The van der Waals surface area contributed by atoms with Crippen molar-refractivity contribution in [1.29, 1.82) is 0 Å². The summed E-state index contributed by atoms with van der Waals surface area (Å²) in [4.78, 5) is 7.99. The highest BCUT2D eigenvalue weighted by Gasteiger charge is 2.14. The molecule has 0 amide bonds. The van der Waals surface area contributed by atoms with Crippen LogP contribution in [0.4, 0.5) is 8.78 Å². The zero-order chi connectivity index (χ0) is 17.8. The van der Waals surface area contributed by atoms with Crippen molar-refractivity contribution >= 4 is 0 Å². The summed E-state index contributed by atoms with van der Waals surface area (Å²) >= 11 is 0. The van der Waals surface area contributed by atoms with Gasteiger partial charge >= 0.3 is 6.01 Å². The standard InChI is InChI=1S/C16H15F2N5O2/c1-10-14(9-25-16-19-7-13(24-2)8-20-16)21-22-23(10)12-5-3-4-11(6-12)15(17)18/h3-8,15H,9H2,1-2H3. The number of benzene rings is 1. The molecule has 2 aromatic heterocycles. The highest BCUT2D eigenvalue weighted by molar-refractivity contribution is 5.37. The Morgan fingerprint density at radius 2 is 1.96 bits per heavy atom. The third kappa shape index (κ3) is 3.70. The van der Waals surface area contributed by atoms with Crippen LogP contribution in [0.3, 0.4) is 0 Å². The summed E-state index contributed by atoms with van der Waals surface area (Å²) in [5.41, 5.74) is 1.67. The van der Waals surface area contributed by atoms with Gasteiger partial charge in [-0.05, 0) is 19.1 Å². The molecule has 0 saturated heterocycles. The van der Waals surface area contributed by atoms with Crippen molar-refractivity contribution in [3.05, 3.63) is 53.6 Å². The number of nitrogens with zero attached hydrogens (tertiary/aromatic N) is 5. The van der Waals surface area contributed by atoms with E-state index in [9.17, 15) is 8.78 Å². The lowest BCUT2D eigenvalue weighted by atomic mass is 10.2. The molecular weight excluding hydrogens is 332 g/mol. The van der Waals surface area contributed by atoms with E-state index in [1.165, 1.54) is 36.3 Å². The van der Waals surface area contributed by atoms with Gasteiger partial charge in [-0.3, -0.25) is 0 Å². The number of hydrogen-bond acceptors (Lipinski definition) is 6. The molecule has 0 saturated carbocycles. The third-order valence-corrected chi connectivity index (χ3v) is 3.54. The molecule has 0 atom stereocenters. The molecule has 0 spiro atoms. The number of alkyl halides is 2. The van der Waals surface area contributed by atoms with Gasteiger partial charge in [0.25, 0.3) is 6.43 Å². The van der Waals surface area contributed by atoms with Crippen LogP contribution in [-0.2, 0) is 6.61 Å². The van der Waals surface area contributed by atoms with Crippen LogP contribution in [0.1, 0.15) is 23.4 Å². The Hall–Kier alpha value is -3.10. The predicted octanol–water partition coefficient (Wildman–Crippen LogP) is 2.89. The van der Waals surface area contributed by atoms with E-state index in [4.69, 9.17) is 9.47 Å². The number of aromatic nitrogens is 5. The summed E-state index contributed by atoms with van der Waals surface area (Å²) in [6, 6.07) is 6.16. The molecule has 7 nitrogen and oxygen atoms in total. The molecule has 2 heterocycles. The number of methoxy groups -OCH3 is 1. The monoisotopic (exact) mass is 347 g/mol. The van der Waals surface area contributed by atoms with Crippen molar-refractivity contribution in [2.24, 2.45) is 0 Å². The van der Waals surface area contributed by atoms with Crippen LogP contribution in [0.25, 0.3) is 5.69 Å². The third-order valence-electron chi connectivity index (χ3n) is 3.54. The fraction of sp³-hybridized carbons (Fsp3) is 0.250. The molecule has 0 N–H and O–H groups in total. The van der Waals surface area contributed by atoms with Crippen molar-refractivity contribution < 1.29 is 18.3 Å². The van der Waals surface area contributed by atoms with Crippen LogP contribution in [0.2, 0.25) is 0 Å². The first-order valence-corrected chi connectivity index (χ1v) is 7.37. The molecule has 0 aliphatic rings. The first kappa shape index (κ1) is 16.7. The second kappa shape index (κ2) is 7.20. The lowest BCUT2D eigenvalue weighted by Crippen LogP contribution is -2.03. The average molecular weight is 347 g/mol. The molecule has 9 heteroatoms. The Morgan fingerprint density at radius 3 is 2.64 bits per heavy atom. The minimum absolute atomic E-state index is 0.0724. The van der Waals surface area contributed by atoms with Gasteiger partial charge in [0.2, 0.25) is 0 Å². The van der Waals surface area contributed by atoms with Gasteiger partial charge in [0, 0.05) is 5.56 Å². The molecule has 0 aliphatic carbocycles. The molecule has 0 radical (unpaired) electrons. The Bertz CT molecular complexity index is 852. The maximum absolute atomic E-state index is 12.8. The second-order valence-electron chi connectivity index (χ2n) is 5.12. The maximum Gasteiger partial charge on any atom is 0.316 e. The fourth-order valence-corrected chi connectivity index (χ4v) is 2.15. The van der Waals surface area contributed by atoms with Crippen LogP contribution in [0.15, 0.2) is 36.7 Å². The molecule has 0 aliphatic heterocycles. The average Bonchev–Trinajstić information content (AvgIpc) is 3.01. The summed E-state index contributed by atoms with van der Waals surface area (Å²) in [5, 5.41) is 8.04. The van der Waals surface area contributed by atoms with E-state index >= 15 is 0 Å². The normalized spacial score (nSPS) is 10.9. The number of rotatable bonds is 6. The first-order chi connectivity index (χ1) is 12.1. The SMILES string of the molecule is COc1cnc(OCc2nnn(-c3cccc(C(F)F)c3)c2C)nc1. The Labute approximate surface area is 142 Å². The molecule has 0 bridgehead atoms. The van der Waals surface area contributed by atoms with E-state index in [-0.39, 0.29) is 18.2 Å². The molecule has 130 valence electrons. The minimum atomic E-state index is -2.54. The number of ether oxygens (including phenoxy) is 2. The fourth-order valence-electron chi connectivity index (χ4n) is 2.15. The Kier molecular flexibility index (Phi) is 4.82. The number of hydrogen-bond donors (Lipinski definition) is 0. The summed E-state index contributed by atoms with van der Waals surface area (Å²) in [6.45, 7) is 1.88. The molecule has 1 aromatic carbocycles. The molecule has 3 rings (SSSR count). The van der Waals surface area contributed by atoms with Crippen molar-refractivity contribution in [2.45, 2.75) is 20.0 Å². The van der Waals surface area contributed by atoms with Gasteiger partial charge < -0.3 is 9.47 Å². The summed E-state index contributed by atoms with van der Waals surface area (Å²) in [6.07, 6.45) is 0.433. The summed E-state index contributed by atoms with van der Waals surface area (Å²) in [7, 11) is 1.52.